The van der Waals surface area contributed by atoms with Crippen molar-refractivity contribution in [1.82, 2.24) is 10.2 Å². The molecule has 1 aromatic rings. The molecule has 0 aromatic heterocycles. The van der Waals surface area contributed by atoms with Crippen molar-refractivity contribution >= 4 is 5.84 Å². The van der Waals surface area contributed by atoms with Gasteiger partial charge in [-0.2, -0.15) is 0 Å². The van der Waals surface area contributed by atoms with Crippen LogP contribution in [0.15, 0.2) is 23.2 Å². The van der Waals surface area contributed by atoms with E-state index >= 15 is 0 Å². The van der Waals surface area contributed by atoms with Gasteiger partial charge in [0.25, 0.3) is 0 Å². The molecule has 0 aliphatic heterocycles. The first-order chi connectivity index (χ1) is 9.22. The number of hydrogen-bond acceptors (Lipinski definition) is 3. The van der Waals surface area contributed by atoms with E-state index in [0.29, 0.717) is 6.04 Å². The zero-order valence-electron chi connectivity index (χ0n) is 12.0. The Kier molecular flexibility index (Phi) is 4.56. The number of fused-ring (bicyclic) bond motifs is 1. The van der Waals surface area contributed by atoms with Crippen molar-refractivity contribution in [2.45, 2.75) is 18.9 Å². The Morgan fingerprint density at radius 2 is 2.32 bits per heavy atom. The molecule has 0 fully saturated rings. The first-order valence-corrected chi connectivity index (χ1v) is 6.80. The highest BCUT2D eigenvalue weighted by Gasteiger charge is 2.28. The van der Waals surface area contributed by atoms with Gasteiger partial charge < -0.3 is 10.4 Å². The normalized spacial score (nSPS) is 18.8. The van der Waals surface area contributed by atoms with Gasteiger partial charge in [-0.15, -0.1) is 0 Å². The summed E-state index contributed by atoms with van der Waals surface area (Å²) < 4.78 is 0. The highest BCUT2D eigenvalue weighted by molar-refractivity contribution is 6.00. The highest BCUT2D eigenvalue weighted by atomic mass is 16.3. The van der Waals surface area contributed by atoms with Crippen LogP contribution < -0.4 is 5.32 Å². The summed E-state index contributed by atoms with van der Waals surface area (Å²) in [5.74, 6) is 0.947. The third kappa shape index (κ3) is 2.65. The Balaban J connectivity index is 2.35. The number of benzene rings is 1. The quantitative estimate of drug-likeness (QED) is 0.632. The summed E-state index contributed by atoms with van der Waals surface area (Å²) in [5.41, 5.74) is 3.99. The van der Waals surface area contributed by atoms with Crippen molar-refractivity contribution in [3.63, 3.8) is 0 Å². The summed E-state index contributed by atoms with van der Waals surface area (Å²) in [5, 5.41) is 12.3. The van der Waals surface area contributed by atoms with Crippen LogP contribution in [0.25, 0.3) is 0 Å². The van der Waals surface area contributed by atoms with Crippen LogP contribution in [0, 0.1) is 0 Å². The molecule has 0 radical (unpaired) electrons. The monoisotopic (exact) mass is 261 g/mol. The molecule has 2 rings (SSSR count). The summed E-state index contributed by atoms with van der Waals surface area (Å²) in [6, 6.07) is 6.85. The summed E-state index contributed by atoms with van der Waals surface area (Å²) in [6.45, 7) is 0.926. The Morgan fingerprint density at radius 3 is 2.95 bits per heavy atom. The van der Waals surface area contributed by atoms with Gasteiger partial charge in [-0.25, -0.2) is 0 Å². The molecule has 0 saturated carbocycles. The number of aliphatic hydroxyl groups excluding tert-OH is 1. The SMILES string of the molecule is CN=C(NC)c1cccc2c1CCC2N(C)CCO. The highest BCUT2D eigenvalue weighted by Crippen LogP contribution is 2.36. The number of hydrogen-bond donors (Lipinski definition) is 2. The van der Waals surface area contributed by atoms with Gasteiger partial charge in [0.1, 0.15) is 5.84 Å². The fourth-order valence-electron chi connectivity index (χ4n) is 2.99. The molecule has 0 bridgehead atoms. The molecule has 0 amide bonds. The first-order valence-electron chi connectivity index (χ1n) is 6.80. The largest absolute Gasteiger partial charge is 0.395 e. The number of likely N-dealkylation sites (N-methyl/N-ethyl adjacent to an activating group) is 1. The lowest BCUT2D eigenvalue weighted by molar-refractivity contribution is 0.180. The van der Waals surface area contributed by atoms with Gasteiger partial charge in [0.05, 0.1) is 6.61 Å². The van der Waals surface area contributed by atoms with Crippen molar-refractivity contribution in [3.8, 4) is 0 Å². The molecule has 1 unspecified atom stereocenters. The minimum atomic E-state index is 0.209. The second-order valence-electron chi connectivity index (χ2n) is 4.95. The van der Waals surface area contributed by atoms with Gasteiger partial charge in [-0.3, -0.25) is 9.89 Å². The molecule has 4 nitrogen and oxygen atoms in total. The Labute approximate surface area is 115 Å². The topological polar surface area (TPSA) is 47.9 Å². The lowest BCUT2D eigenvalue weighted by atomic mass is 10.0. The van der Waals surface area contributed by atoms with E-state index in [1.165, 1.54) is 16.7 Å². The van der Waals surface area contributed by atoms with E-state index in [1.54, 1.807) is 0 Å². The fraction of sp³-hybridized carbons (Fsp3) is 0.533. The zero-order valence-corrected chi connectivity index (χ0v) is 12.0. The van der Waals surface area contributed by atoms with E-state index in [2.05, 4.69) is 40.5 Å². The Hall–Kier alpha value is -1.39. The lowest BCUT2D eigenvalue weighted by Crippen LogP contribution is -2.26. The lowest BCUT2D eigenvalue weighted by Gasteiger charge is -2.24. The van der Waals surface area contributed by atoms with Crippen LogP contribution in [0.2, 0.25) is 0 Å². The Bertz CT molecular complexity index is 470. The molecule has 0 heterocycles. The van der Waals surface area contributed by atoms with Crippen LogP contribution in [-0.2, 0) is 6.42 Å². The molecule has 1 aliphatic carbocycles. The summed E-state index contributed by atoms with van der Waals surface area (Å²) >= 11 is 0. The second kappa shape index (κ2) is 6.17. The van der Waals surface area contributed by atoms with Crippen LogP contribution in [0.3, 0.4) is 0 Å². The van der Waals surface area contributed by atoms with E-state index < -0.39 is 0 Å². The summed E-state index contributed by atoms with van der Waals surface area (Å²) in [6.07, 6.45) is 2.19. The first kappa shape index (κ1) is 14.0. The molecule has 4 heteroatoms. The molecular formula is C15H23N3O. The van der Waals surface area contributed by atoms with Crippen molar-refractivity contribution in [3.05, 3.63) is 34.9 Å². The van der Waals surface area contributed by atoms with Gasteiger partial charge in [-0.05, 0) is 31.0 Å². The van der Waals surface area contributed by atoms with Crippen LogP contribution >= 0.6 is 0 Å². The number of aliphatic hydroxyl groups is 1. The average Bonchev–Trinajstić information content (AvgIpc) is 2.85. The van der Waals surface area contributed by atoms with Crippen LogP contribution in [-0.4, -0.2) is 50.1 Å². The fourth-order valence-corrected chi connectivity index (χ4v) is 2.99. The second-order valence-corrected chi connectivity index (χ2v) is 4.95. The number of nitrogens with one attached hydrogen (secondary N) is 1. The standard InChI is InChI=1S/C15H23N3O/c1-16-15(17-2)13-6-4-5-12-11(13)7-8-14(12)18(3)9-10-19/h4-6,14,19H,7-10H2,1-3H3,(H,16,17). The number of nitrogens with zero attached hydrogens (tertiary/aromatic N) is 2. The van der Waals surface area contributed by atoms with E-state index in [4.69, 9.17) is 5.11 Å². The van der Waals surface area contributed by atoms with Crippen molar-refractivity contribution < 1.29 is 5.11 Å². The maximum Gasteiger partial charge on any atom is 0.128 e. The van der Waals surface area contributed by atoms with Gasteiger partial charge in [0.2, 0.25) is 0 Å². The molecule has 1 aliphatic rings. The molecule has 0 spiro atoms. The van der Waals surface area contributed by atoms with Gasteiger partial charge in [0.15, 0.2) is 0 Å². The molecule has 1 atom stereocenters. The maximum atomic E-state index is 9.09. The van der Waals surface area contributed by atoms with Crippen LogP contribution in [0.5, 0.6) is 0 Å². The molecule has 2 N–H and O–H groups in total. The summed E-state index contributed by atoms with van der Waals surface area (Å²) in [4.78, 5) is 6.55. The predicted octanol–water partition coefficient (Wildman–Crippen LogP) is 1.19. The third-order valence-corrected chi connectivity index (χ3v) is 3.94. The number of amidine groups is 1. The minimum Gasteiger partial charge on any atom is -0.395 e. The summed E-state index contributed by atoms with van der Waals surface area (Å²) in [7, 11) is 5.80. The van der Waals surface area contributed by atoms with E-state index in [1.807, 2.05) is 14.1 Å². The van der Waals surface area contributed by atoms with Gasteiger partial charge >= 0.3 is 0 Å². The predicted molar refractivity (Wildman–Crippen MR) is 78.7 cm³/mol. The molecule has 19 heavy (non-hydrogen) atoms. The van der Waals surface area contributed by atoms with Crippen LogP contribution in [0.4, 0.5) is 0 Å². The smallest absolute Gasteiger partial charge is 0.128 e. The van der Waals surface area contributed by atoms with E-state index in [-0.39, 0.29) is 6.61 Å². The van der Waals surface area contributed by atoms with Gasteiger partial charge in [0, 0.05) is 32.2 Å². The average molecular weight is 261 g/mol. The van der Waals surface area contributed by atoms with Crippen molar-refractivity contribution in [2.24, 2.45) is 4.99 Å². The minimum absolute atomic E-state index is 0.209. The number of aliphatic imine (C=N–C) groups is 1. The molecule has 1 aromatic carbocycles. The third-order valence-electron chi connectivity index (χ3n) is 3.94. The zero-order chi connectivity index (χ0) is 13.8. The van der Waals surface area contributed by atoms with Crippen molar-refractivity contribution in [2.75, 3.05) is 34.3 Å². The number of rotatable bonds is 4. The molecular weight excluding hydrogens is 238 g/mol. The van der Waals surface area contributed by atoms with Gasteiger partial charge in [-0.1, -0.05) is 18.2 Å². The Morgan fingerprint density at radius 1 is 1.53 bits per heavy atom. The van der Waals surface area contributed by atoms with E-state index in [9.17, 15) is 0 Å². The molecule has 0 saturated heterocycles. The van der Waals surface area contributed by atoms with Crippen LogP contribution in [0.1, 0.15) is 29.2 Å². The van der Waals surface area contributed by atoms with Crippen molar-refractivity contribution in [1.29, 1.82) is 0 Å². The maximum absolute atomic E-state index is 9.09. The van der Waals surface area contributed by atoms with E-state index in [0.717, 1.165) is 25.2 Å². The molecule has 104 valence electrons.